The van der Waals surface area contributed by atoms with Crippen molar-refractivity contribution >= 4 is 60.2 Å². The zero-order valence-electron chi connectivity index (χ0n) is 24.1. The number of imidazole rings is 2. The number of nitrogens with one attached hydrogen (secondary N) is 1. The molecule has 0 aliphatic carbocycles. The summed E-state index contributed by atoms with van der Waals surface area (Å²) in [6.07, 6.45) is -10.1. The van der Waals surface area contributed by atoms with Crippen LogP contribution < -0.4 is 36.5 Å². The van der Waals surface area contributed by atoms with Gasteiger partial charge >= 0.3 is 5.65 Å². The minimum atomic E-state index is -5.66. The number of fused-ring (bicyclic) bond motifs is 2. The highest BCUT2D eigenvalue weighted by atomic mass is 32.7. The second-order valence-electron chi connectivity index (χ2n) is 10.6. The van der Waals surface area contributed by atoms with Crippen molar-refractivity contribution in [2.75, 3.05) is 23.8 Å². The van der Waals surface area contributed by atoms with E-state index in [1.54, 1.807) is 0 Å². The molecule has 262 valence electrons. The quantitative estimate of drug-likeness (QED) is 0.0590. The summed E-state index contributed by atoms with van der Waals surface area (Å²) in [6, 6.07) is 0. The maximum atomic E-state index is 12.6. The van der Waals surface area contributed by atoms with Crippen LogP contribution in [0.4, 0.5) is 11.9 Å². The fraction of sp³-hybridized carbons (Fsp3) is 0.524. The van der Waals surface area contributed by atoms with Crippen molar-refractivity contribution in [3.8, 4) is 5.88 Å². The Kier molecular flexibility index (Phi) is 9.04. The largest absolute Gasteiger partial charge is 0.856 e. The van der Waals surface area contributed by atoms with Crippen molar-refractivity contribution in [2.24, 2.45) is 7.05 Å². The summed E-state index contributed by atoms with van der Waals surface area (Å²) in [7, 11) is -4.17. The third kappa shape index (κ3) is 6.40. The number of H-pyrrole nitrogens is 1. The first-order valence-corrected chi connectivity index (χ1v) is 18.1. The van der Waals surface area contributed by atoms with E-state index in [2.05, 4.69) is 33.8 Å². The smallest absolute Gasteiger partial charge is 0.309 e. The fourth-order valence-electron chi connectivity index (χ4n) is 5.23. The second kappa shape index (κ2) is 12.5. The van der Waals surface area contributed by atoms with E-state index in [-0.39, 0.29) is 45.6 Å². The molecule has 2 aliphatic rings. The number of aliphatic hydroxyl groups is 4. The van der Waals surface area contributed by atoms with E-state index in [9.17, 15) is 49.2 Å². The Bertz CT molecular complexity index is 2030. The number of ether oxygens (including phenoxy) is 2. The number of phosphoric ester groups is 1. The van der Waals surface area contributed by atoms with Crippen LogP contribution in [0.3, 0.4) is 0 Å². The number of nitrogen functional groups attached to an aromatic ring is 2. The van der Waals surface area contributed by atoms with E-state index in [0.717, 1.165) is 10.9 Å². The molecule has 0 spiro atoms. The number of rotatable bonds is 10. The lowest BCUT2D eigenvalue weighted by atomic mass is 10.1. The van der Waals surface area contributed by atoms with Gasteiger partial charge in [-0.3, -0.25) is 32.4 Å². The zero-order valence-corrected chi connectivity index (χ0v) is 26.8. The van der Waals surface area contributed by atoms with Crippen molar-refractivity contribution in [1.82, 2.24) is 34.1 Å². The fourth-order valence-corrected chi connectivity index (χ4v) is 9.67. The van der Waals surface area contributed by atoms with Crippen molar-refractivity contribution in [3.05, 3.63) is 23.0 Å². The highest BCUT2D eigenvalue weighted by molar-refractivity contribution is 8.54. The Morgan fingerprint density at radius 1 is 1.08 bits per heavy atom. The maximum Gasteiger partial charge on any atom is 0.309 e. The minimum Gasteiger partial charge on any atom is -0.856 e. The van der Waals surface area contributed by atoms with Gasteiger partial charge in [0.15, 0.2) is 36.0 Å². The Morgan fingerprint density at radius 3 is 2.52 bits per heavy atom. The first kappa shape index (κ1) is 34.6. The lowest BCUT2D eigenvalue weighted by Crippen LogP contribution is -2.46. The molecular weight excluding hydrogens is 710 g/mol. The molecule has 2 saturated heterocycles. The normalized spacial score (nSPS) is 30.2. The summed E-state index contributed by atoms with van der Waals surface area (Å²) in [6.45, 7) is -6.35. The van der Waals surface area contributed by atoms with Gasteiger partial charge < -0.3 is 60.8 Å². The van der Waals surface area contributed by atoms with Crippen LogP contribution in [0.1, 0.15) is 12.5 Å². The summed E-state index contributed by atoms with van der Waals surface area (Å²) < 4.78 is 48.6. The molecule has 2 aliphatic heterocycles. The highest BCUT2D eigenvalue weighted by Crippen LogP contribution is 2.63. The molecule has 6 rings (SSSR count). The third-order valence-corrected chi connectivity index (χ3v) is 12.3. The predicted molar refractivity (Wildman–Crippen MR) is 152 cm³/mol. The predicted octanol–water partition coefficient (Wildman–Crippen LogP) is -5.43. The molecule has 0 radical (unpaired) electrons. The Balaban J connectivity index is 1.07. The van der Waals surface area contributed by atoms with E-state index < -0.39 is 87.5 Å². The number of anilines is 2. The van der Waals surface area contributed by atoms with Crippen molar-refractivity contribution in [2.45, 2.75) is 49.1 Å². The summed E-state index contributed by atoms with van der Waals surface area (Å²) in [5.74, 6) is -1.99. The average Bonchev–Trinajstić information content (AvgIpc) is 3.70. The van der Waals surface area contributed by atoms with Gasteiger partial charge in [0.1, 0.15) is 30.5 Å². The molecule has 27 heteroatoms. The van der Waals surface area contributed by atoms with Crippen LogP contribution in [0.15, 0.2) is 17.4 Å². The first-order chi connectivity index (χ1) is 22.5. The van der Waals surface area contributed by atoms with Crippen LogP contribution >= 0.6 is 26.0 Å². The van der Waals surface area contributed by atoms with E-state index >= 15 is 0 Å². The molecule has 0 saturated carbocycles. The molecular formula is C21H26N10O14P2S-2. The lowest BCUT2D eigenvalue weighted by molar-refractivity contribution is -0.745. The molecule has 0 aromatic carbocycles. The number of aromatic nitrogens is 8. The molecule has 9 N–H and O–H groups in total. The van der Waals surface area contributed by atoms with E-state index in [0.29, 0.717) is 0 Å². The molecule has 4 aromatic rings. The molecule has 4 aromatic heterocycles. The van der Waals surface area contributed by atoms with Gasteiger partial charge in [0, 0.05) is 11.6 Å². The number of aliphatic hydroxyl groups excluding tert-OH is 4. The Hall–Kier alpha value is -3.29. The molecule has 4 unspecified atom stereocenters. The number of nitrogens with two attached hydrogens (primary N) is 2. The van der Waals surface area contributed by atoms with Gasteiger partial charge in [-0.25, -0.2) is 14.5 Å². The van der Waals surface area contributed by atoms with E-state index in [1.165, 1.54) is 22.5 Å². The number of nitrogens with zero attached hydrogens (tertiary/aromatic N) is 7. The molecule has 10 atom stereocenters. The zero-order chi connectivity index (χ0) is 34.9. The maximum absolute atomic E-state index is 12.6. The Morgan fingerprint density at radius 2 is 1.79 bits per heavy atom. The SMILES string of the molecule is Cn1c[n+]([C@@H]2O[C@H](CSP(=O)([O-])OP(=O)([O-])OC[C@H]3O[C@@H](n4cnc5c(=O)[nH]c(N)nc54)C(O)[C@H]3O)C(O)[C@@H]2O)c2nc(N)nc([O-])c21. The number of phosphoric acid groups is 1. The van der Waals surface area contributed by atoms with Gasteiger partial charge in [-0.15, -0.1) is 0 Å². The third-order valence-electron chi connectivity index (χ3n) is 7.41. The monoisotopic (exact) mass is 736 g/mol. The molecule has 2 fully saturated rings. The van der Waals surface area contributed by atoms with Gasteiger partial charge in [-0.2, -0.15) is 4.98 Å². The summed E-state index contributed by atoms with van der Waals surface area (Å²) in [5.41, 5.74) is 10.1. The van der Waals surface area contributed by atoms with Gasteiger partial charge in [-0.05, 0) is 0 Å². The lowest BCUT2D eigenvalue weighted by Gasteiger charge is -2.31. The Labute approximate surface area is 270 Å². The van der Waals surface area contributed by atoms with E-state index in [1.807, 2.05) is 0 Å². The molecule has 48 heavy (non-hydrogen) atoms. The van der Waals surface area contributed by atoms with Crippen LogP contribution in [-0.2, 0) is 34.5 Å². The highest BCUT2D eigenvalue weighted by Gasteiger charge is 2.48. The van der Waals surface area contributed by atoms with Crippen LogP contribution in [0.5, 0.6) is 5.88 Å². The van der Waals surface area contributed by atoms with E-state index in [4.69, 9.17) is 20.9 Å². The summed E-state index contributed by atoms with van der Waals surface area (Å²) >= 11 is -0.0761. The van der Waals surface area contributed by atoms with Gasteiger partial charge in [0.2, 0.25) is 12.2 Å². The average molecular weight is 737 g/mol. The molecule has 0 bridgehead atoms. The van der Waals surface area contributed by atoms with Crippen molar-refractivity contribution in [3.63, 3.8) is 0 Å². The van der Waals surface area contributed by atoms with Crippen LogP contribution in [0, 0.1) is 0 Å². The van der Waals surface area contributed by atoms with Crippen LogP contribution in [0.2, 0.25) is 0 Å². The standard InChI is InChI=1S/C21H28N10O14P2S/c1-29-5-31(15-9(29)17(37)28-21(23)26-15)19-13(35)11(33)7(44-19)3-48-47(40,41)45-46(38,39)42-2-6-10(32)12(34)18(43-6)30-4-24-8-14(30)25-20(22)27-16(8)36/h4-7,10-13,18-19,32-35H,2-3H2,1H3,(H7-,22,23,25,26,27,28,36,37,38,39,40,41)/p-2/t6-,7-,10+,11?,12?,13+,18-,19-/m1/s1. The van der Waals surface area contributed by atoms with Gasteiger partial charge in [0.05, 0.1) is 26.1 Å². The van der Waals surface area contributed by atoms with Crippen molar-refractivity contribution in [1.29, 1.82) is 0 Å². The summed E-state index contributed by atoms with van der Waals surface area (Å²) in [5, 5.41) is 54.4. The number of aryl methyl sites for hydroxylation is 1. The number of aromatic amines is 1. The molecule has 24 nitrogen and oxygen atoms in total. The number of hydrogen-bond acceptors (Lipinski definition) is 21. The van der Waals surface area contributed by atoms with Gasteiger partial charge in [-0.1, -0.05) is 16.4 Å². The first-order valence-electron chi connectivity index (χ1n) is 13.5. The van der Waals surface area contributed by atoms with Crippen molar-refractivity contribution < 1.29 is 67.3 Å². The van der Waals surface area contributed by atoms with Crippen LogP contribution in [0.25, 0.3) is 22.3 Å². The summed E-state index contributed by atoms with van der Waals surface area (Å²) in [4.78, 5) is 54.6. The van der Waals surface area contributed by atoms with Gasteiger partial charge in [0.25, 0.3) is 19.3 Å². The molecule has 0 amide bonds. The second-order valence-corrected chi connectivity index (χ2v) is 16.0. The molecule has 6 heterocycles. The topological polar surface area (TPSA) is 371 Å². The number of hydrogen-bond donors (Lipinski definition) is 7. The minimum absolute atomic E-state index is 0.00514. The van der Waals surface area contributed by atoms with Crippen LogP contribution in [-0.4, -0.2) is 103 Å².